The lowest BCUT2D eigenvalue weighted by Gasteiger charge is -2.26. The number of sulfonamides is 1. The maximum Gasteiger partial charge on any atom is 0.240 e. The van der Waals surface area contributed by atoms with E-state index in [9.17, 15) is 26.3 Å². The molecule has 0 aliphatic rings. The molecular formula is C14H22FNO5S2. The Kier molecular flexibility index (Phi) is 5.95. The van der Waals surface area contributed by atoms with Gasteiger partial charge in [-0.25, -0.2) is 25.9 Å². The first-order valence-corrected chi connectivity index (χ1v) is 10.3. The number of benzene rings is 1. The SMILES string of the molecule is CC(O)CC(C)(C)CNS(=O)(=O)c1ccc(S(C)(=O)=O)c(F)c1. The molecule has 0 fully saturated rings. The fourth-order valence-electron chi connectivity index (χ4n) is 2.20. The van der Waals surface area contributed by atoms with Crippen LogP contribution in [0.2, 0.25) is 0 Å². The fraction of sp³-hybridized carbons (Fsp3) is 0.571. The van der Waals surface area contributed by atoms with Gasteiger partial charge in [-0.05, 0) is 37.0 Å². The standard InChI is InChI=1S/C14H22FNO5S2/c1-10(17)8-14(2,3)9-16-23(20,21)11-5-6-13(12(15)7-11)22(4,18)19/h5-7,10,16-17H,8-9H2,1-4H3. The minimum atomic E-state index is -3.98. The third kappa shape index (κ3) is 5.83. The molecule has 0 aliphatic heterocycles. The van der Waals surface area contributed by atoms with Crippen LogP contribution in [0.4, 0.5) is 4.39 Å². The first-order chi connectivity index (χ1) is 10.2. The van der Waals surface area contributed by atoms with Gasteiger partial charge in [-0.2, -0.15) is 0 Å². The molecule has 0 aromatic heterocycles. The highest BCUT2D eigenvalue weighted by molar-refractivity contribution is 7.90. The molecule has 0 heterocycles. The highest BCUT2D eigenvalue weighted by atomic mass is 32.2. The molecule has 6 nitrogen and oxygen atoms in total. The molecule has 1 unspecified atom stereocenters. The Morgan fingerprint density at radius 2 is 1.83 bits per heavy atom. The van der Waals surface area contributed by atoms with Crippen molar-refractivity contribution < 1.29 is 26.3 Å². The summed E-state index contributed by atoms with van der Waals surface area (Å²) in [5.41, 5.74) is -0.494. The Morgan fingerprint density at radius 3 is 2.26 bits per heavy atom. The van der Waals surface area contributed by atoms with Crippen LogP contribution >= 0.6 is 0 Å². The second-order valence-corrected chi connectivity index (χ2v) is 10.2. The van der Waals surface area contributed by atoms with Crippen LogP contribution in [0.25, 0.3) is 0 Å². The maximum absolute atomic E-state index is 13.8. The summed E-state index contributed by atoms with van der Waals surface area (Å²) in [6.07, 6.45) is 0.647. The Labute approximate surface area is 136 Å². The number of sulfone groups is 1. The largest absolute Gasteiger partial charge is 0.393 e. The summed E-state index contributed by atoms with van der Waals surface area (Å²) in [7, 11) is -7.74. The van der Waals surface area contributed by atoms with Gasteiger partial charge in [0.05, 0.1) is 11.0 Å². The molecule has 1 aromatic rings. The Balaban J connectivity index is 3.00. The van der Waals surface area contributed by atoms with E-state index < -0.39 is 42.1 Å². The number of hydrogen-bond acceptors (Lipinski definition) is 5. The molecule has 2 N–H and O–H groups in total. The normalized spacial score (nSPS) is 14.7. The van der Waals surface area contributed by atoms with Crippen molar-refractivity contribution in [2.24, 2.45) is 5.41 Å². The van der Waals surface area contributed by atoms with E-state index in [2.05, 4.69) is 4.72 Å². The van der Waals surface area contributed by atoms with Gasteiger partial charge < -0.3 is 5.11 Å². The van der Waals surface area contributed by atoms with Gasteiger partial charge in [-0.3, -0.25) is 0 Å². The zero-order valence-electron chi connectivity index (χ0n) is 13.5. The van der Waals surface area contributed by atoms with E-state index in [1.165, 1.54) is 0 Å². The van der Waals surface area contributed by atoms with Crippen LogP contribution in [-0.2, 0) is 19.9 Å². The summed E-state index contributed by atoms with van der Waals surface area (Å²) in [4.78, 5) is -0.902. The van der Waals surface area contributed by atoms with E-state index in [1.807, 2.05) is 0 Å². The molecule has 0 amide bonds. The molecule has 0 spiro atoms. The summed E-state index contributed by atoms with van der Waals surface area (Å²) >= 11 is 0. The van der Waals surface area contributed by atoms with Crippen molar-refractivity contribution in [1.29, 1.82) is 0 Å². The molecule has 9 heteroatoms. The predicted octanol–water partition coefficient (Wildman–Crippen LogP) is 1.30. The zero-order valence-corrected chi connectivity index (χ0v) is 15.1. The van der Waals surface area contributed by atoms with E-state index >= 15 is 0 Å². The van der Waals surface area contributed by atoms with Crippen molar-refractivity contribution in [3.8, 4) is 0 Å². The number of hydrogen-bond donors (Lipinski definition) is 2. The van der Waals surface area contributed by atoms with Crippen LogP contribution in [0.5, 0.6) is 0 Å². The number of aliphatic hydroxyl groups excluding tert-OH is 1. The van der Waals surface area contributed by atoms with Crippen LogP contribution in [-0.4, -0.2) is 40.8 Å². The number of aliphatic hydroxyl groups is 1. The highest BCUT2D eigenvalue weighted by Gasteiger charge is 2.25. The quantitative estimate of drug-likeness (QED) is 0.757. The third-order valence-corrected chi connectivity index (χ3v) is 5.73. The van der Waals surface area contributed by atoms with Crippen molar-refractivity contribution in [2.75, 3.05) is 12.8 Å². The van der Waals surface area contributed by atoms with Gasteiger partial charge in [0, 0.05) is 12.8 Å². The Bertz CT molecular complexity index is 770. The maximum atomic E-state index is 13.8. The van der Waals surface area contributed by atoms with E-state index in [0.29, 0.717) is 12.5 Å². The lowest BCUT2D eigenvalue weighted by molar-refractivity contribution is 0.131. The summed E-state index contributed by atoms with van der Waals surface area (Å²) in [6, 6.07) is 2.66. The molecule has 1 atom stereocenters. The molecule has 1 aromatic carbocycles. The first kappa shape index (κ1) is 20.0. The molecule has 0 bridgehead atoms. The molecule has 0 saturated carbocycles. The minimum absolute atomic E-state index is 0.0513. The molecule has 0 aliphatic carbocycles. The van der Waals surface area contributed by atoms with Crippen molar-refractivity contribution in [3.63, 3.8) is 0 Å². The van der Waals surface area contributed by atoms with Gasteiger partial charge >= 0.3 is 0 Å². The van der Waals surface area contributed by atoms with Crippen molar-refractivity contribution in [2.45, 2.75) is 43.1 Å². The van der Waals surface area contributed by atoms with Gasteiger partial charge in [0.15, 0.2) is 9.84 Å². The Hall–Kier alpha value is -1.03. The van der Waals surface area contributed by atoms with Gasteiger partial charge in [-0.15, -0.1) is 0 Å². The minimum Gasteiger partial charge on any atom is -0.393 e. The Morgan fingerprint density at radius 1 is 1.26 bits per heavy atom. The number of nitrogens with one attached hydrogen (secondary N) is 1. The summed E-state index contributed by atoms with van der Waals surface area (Å²) < 4.78 is 63.2. The van der Waals surface area contributed by atoms with Crippen molar-refractivity contribution in [1.82, 2.24) is 4.72 Å². The summed E-state index contributed by atoms with van der Waals surface area (Å²) in [5, 5.41) is 9.39. The molecule has 23 heavy (non-hydrogen) atoms. The third-order valence-electron chi connectivity index (χ3n) is 3.20. The van der Waals surface area contributed by atoms with E-state index in [4.69, 9.17) is 0 Å². The van der Waals surface area contributed by atoms with E-state index in [-0.39, 0.29) is 11.4 Å². The predicted molar refractivity (Wildman–Crippen MR) is 84.8 cm³/mol. The monoisotopic (exact) mass is 367 g/mol. The number of rotatable bonds is 7. The zero-order chi connectivity index (χ0) is 18.1. The average molecular weight is 367 g/mol. The molecular weight excluding hydrogens is 345 g/mol. The van der Waals surface area contributed by atoms with Crippen LogP contribution in [0, 0.1) is 11.2 Å². The summed E-state index contributed by atoms with van der Waals surface area (Å²) in [5.74, 6) is -1.11. The van der Waals surface area contributed by atoms with Gasteiger partial charge in [-0.1, -0.05) is 13.8 Å². The summed E-state index contributed by atoms with van der Waals surface area (Å²) in [6.45, 7) is 5.23. The fourth-order valence-corrected chi connectivity index (χ4v) is 4.18. The lowest BCUT2D eigenvalue weighted by atomic mass is 9.87. The molecule has 0 saturated heterocycles. The first-order valence-electron chi connectivity index (χ1n) is 6.92. The lowest BCUT2D eigenvalue weighted by Crippen LogP contribution is -2.35. The average Bonchev–Trinajstić information content (AvgIpc) is 2.33. The molecule has 1 rings (SSSR count). The number of halogens is 1. The van der Waals surface area contributed by atoms with Crippen LogP contribution in [0.1, 0.15) is 27.2 Å². The molecule has 0 radical (unpaired) electrons. The van der Waals surface area contributed by atoms with Crippen LogP contribution in [0.15, 0.2) is 28.0 Å². The smallest absolute Gasteiger partial charge is 0.240 e. The van der Waals surface area contributed by atoms with Gasteiger partial charge in [0.2, 0.25) is 10.0 Å². The van der Waals surface area contributed by atoms with Gasteiger partial charge in [0.25, 0.3) is 0 Å². The second kappa shape index (κ2) is 6.84. The van der Waals surface area contributed by atoms with Crippen molar-refractivity contribution >= 4 is 19.9 Å². The van der Waals surface area contributed by atoms with Gasteiger partial charge in [0.1, 0.15) is 10.7 Å². The topological polar surface area (TPSA) is 101 Å². The van der Waals surface area contributed by atoms with Crippen LogP contribution < -0.4 is 4.72 Å². The van der Waals surface area contributed by atoms with E-state index in [0.717, 1.165) is 18.4 Å². The molecule has 132 valence electrons. The van der Waals surface area contributed by atoms with E-state index in [1.54, 1.807) is 20.8 Å². The highest BCUT2D eigenvalue weighted by Crippen LogP contribution is 2.23. The van der Waals surface area contributed by atoms with Crippen molar-refractivity contribution in [3.05, 3.63) is 24.0 Å². The van der Waals surface area contributed by atoms with Crippen LogP contribution in [0.3, 0.4) is 0 Å². The second-order valence-electron chi connectivity index (χ2n) is 6.41.